The van der Waals surface area contributed by atoms with E-state index in [1.54, 1.807) is 0 Å². The van der Waals surface area contributed by atoms with E-state index in [1.165, 1.54) is 50.2 Å². The van der Waals surface area contributed by atoms with E-state index in [-0.39, 0.29) is 10.8 Å². The summed E-state index contributed by atoms with van der Waals surface area (Å²) < 4.78 is 0. The minimum atomic E-state index is -0.166. The van der Waals surface area contributed by atoms with Crippen LogP contribution in [0.4, 0.5) is 22.7 Å². The second-order valence-corrected chi connectivity index (χ2v) is 14.8. The smallest absolute Gasteiger partial charge is 0.0465 e. The molecule has 2 nitrogen and oxygen atoms in total. The zero-order chi connectivity index (χ0) is 35.4. The fraction of sp³-hybridized carbons (Fsp3) is 0.143. The van der Waals surface area contributed by atoms with Crippen LogP contribution in [0.15, 0.2) is 176 Å². The summed E-state index contributed by atoms with van der Waals surface area (Å²) in [5, 5.41) is 3.42. The number of fused-ring (bicyclic) bond motifs is 3. The predicted molar refractivity (Wildman–Crippen MR) is 220 cm³/mol. The summed E-state index contributed by atoms with van der Waals surface area (Å²) in [7, 11) is 0. The Labute approximate surface area is 304 Å². The van der Waals surface area contributed by atoms with E-state index in [0.29, 0.717) is 0 Å². The normalized spacial score (nSPS) is 13.5. The Bertz CT molecular complexity index is 2160. The monoisotopic (exact) mass is 662 g/mol. The van der Waals surface area contributed by atoms with Crippen LogP contribution in [0.25, 0.3) is 28.3 Å². The predicted octanol–water partition coefficient (Wildman–Crippen LogP) is 13.6. The van der Waals surface area contributed by atoms with Crippen LogP contribution in [0.1, 0.15) is 56.9 Å². The molecule has 0 saturated heterocycles. The molecule has 2 heteroatoms. The Morgan fingerprint density at radius 2 is 1.12 bits per heavy atom. The molecule has 0 bridgehead atoms. The molecule has 51 heavy (non-hydrogen) atoms. The first kappa shape index (κ1) is 33.6. The molecule has 7 rings (SSSR count). The molecule has 0 saturated carbocycles. The molecule has 1 aliphatic carbocycles. The van der Waals surface area contributed by atoms with Gasteiger partial charge >= 0.3 is 0 Å². The van der Waals surface area contributed by atoms with Crippen LogP contribution >= 0.6 is 0 Å². The van der Waals surface area contributed by atoms with Crippen molar-refractivity contribution in [1.82, 2.24) is 0 Å². The molecule has 0 atom stereocenters. The average Bonchev–Trinajstić information content (AvgIpc) is 3.37. The van der Waals surface area contributed by atoms with Crippen LogP contribution in [-0.2, 0) is 10.8 Å². The first-order valence-corrected chi connectivity index (χ1v) is 17.9. The summed E-state index contributed by atoms with van der Waals surface area (Å²) in [4.78, 5) is 2.36. The quantitative estimate of drug-likeness (QED) is 0.155. The zero-order valence-corrected chi connectivity index (χ0v) is 30.3. The van der Waals surface area contributed by atoms with E-state index in [4.69, 9.17) is 0 Å². The van der Waals surface area contributed by atoms with Crippen LogP contribution in [0.3, 0.4) is 0 Å². The van der Waals surface area contributed by atoms with Gasteiger partial charge in [0.05, 0.1) is 0 Å². The van der Waals surface area contributed by atoms with Crippen LogP contribution in [0, 0.1) is 0 Å². The Hall–Kier alpha value is -5.86. The van der Waals surface area contributed by atoms with Gasteiger partial charge < -0.3 is 10.2 Å². The molecule has 252 valence electrons. The van der Waals surface area contributed by atoms with Gasteiger partial charge in [0.25, 0.3) is 0 Å². The molecule has 6 aromatic carbocycles. The third-order valence-electron chi connectivity index (χ3n) is 9.86. The van der Waals surface area contributed by atoms with Crippen molar-refractivity contribution < 1.29 is 0 Å². The number of nitrogens with one attached hydrogen (secondary N) is 1. The van der Waals surface area contributed by atoms with Gasteiger partial charge in [0.1, 0.15) is 0 Å². The van der Waals surface area contributed by atoms with Crippen LogP contribution in [0.2, 0.25) is 0 Å². The van der Waals surface area contributed by atoms with Gasteiger partial charge in [0, 0.05) is 34.4 Å². The van der Waals surface area contributed by atoms with E-state index in [9.17, 15) is 0 Å². The largest absolute Gasteiger partial charge is 0.362 e. The standard InChI is InChI=1S/C49H46N2/c1-48(2,3)45-35-44-42-31-30-41(51(39-22-14-9-15-23-39)40-24-16-10-17-25-40)33-46(42)49(4,5)47(44)34-43(45)37-26-28-38(29-27-37)50-32-18-7-6-11-19-36-20-12-8-13-21-36/h6-35,50H,1-5H3/b7-6-,19-11-,32-18+. The molecule has 6 aromatic rings. The highest BCUT2D eigenvalue weighted by Gasteiger charge is 2.38. The maximum Gasteiger partial charge on any atom is 0.0465 e. The van der Waals surface area contributed by atoms with Crippen LogP contribution < -0.4 is 10.2 Å². The van der Waals surface area contributed by atoms with Gasteiger partial charge in [-0.05, 0) is 117 Å². The minimum Gasteiger partial charge on any atom is -0.362 e. The van der Waals surface area contributed by atoms with E-state index < -0.39 is 0 Å². The van der Waals surface area contributed by atoms with E-state index in [2.05, 4.69) is 197 Å². The summed E-state index contributed by atoms with van der Waals surface area (Å²) in [6.45, 7) is 11.7. The highest BCUT2D eigenvalue weighted by molar-refractivity contribution is 5.88. The fourth-order valence-electron chi connectivity index (χ4n) is 7.17. The average molecular weight is 663 g/mol. The first-order chi connectivity index (χ1) is 24.7. The molecule has 0 fully saturated rings. The lowest BCUT2D eigenvalue weighted by molar-refractivity contribution is 0.591. The van der Waals surface area contributed by atoms with Crippen molar-refractivity contribution in [2.24, 2.45) is 0 Å². The van der Waals surface area contributed by atoms with Crippen molar-refractivity contribution in [3.63, 3.8) is 0 Å². The number of nitrogens with zero attached hydrogens (tertiary/aromatic N) is 1. The summed E-state index contributed by atoms with van der Waals surface area (Å²) in [5.74, 6) is 0. The fourth-order valence-corrected chi connectivity index (χ4v) is 7.17. The summed E-state index contributed by atoms with van der Waals surface area (Å²) in [6.07, 6.45) is 12.2. The molecular formula is C49H46N2. The van der Waals surface area contributed by atoms with Crippen LogP contribution in [-0.4, -0.2) is 0 Å². The molecule has 0 radical (unpaired) electrons. The maximum atomic E-state index is 3.42. The third-order valence-corrected chi connectivity index (χ3v) is 9.86. The van der Waals surface area contributed by atoms with E-state index in [0.717, 1.165) is 17.1 Å². The lowest BCUT2D eigenvalue weighted by atomic mass is 9.76. The second kappa shape index (κ2) is 14.2. The number of hydrogen-bond acceptors (Lipinski definition) is 2. The summed E-state index contributed by atoms with van der Waals surface area (Å²) >= 11 is 0. The molecule has 0 aliphatic heterocycles. The molecule has 0 spiro atoms. The maximum absolute atomic E-state index is 3.42. The number of anilines is 4. The lowest BCUT2D eigenvalue weighted by Crippen LogP contribution is -2.18. The van der Waals surface area contributed by atoms with Gasteiger partial charge in [0.15, 0.2) is 0 Å². The molecular weight excluding hydrogens is 617 g/mol. The molecule has 0 aromatic heterocycles. The van der Waals surface area contributed by atoms with Gasteiger partial charge in [-0.15, -0.1) is 0 Å². The number of hydrogen-bond donors (Lipinski definition) is 1. The number of para-hydroxylation sites is 2. The summed E-state index contributed by atoms with van der Waals surface area (Å²) in [6, 6.07) is 52.5. The minimum absolute atomic E-state index is 0.0322. The van der Waals surface area contributed by atoms with Crippen molar-refractivity contribution >= 4 is 28.8 Å². The SMILES string of the molecule is CC(C)(C)c1cc2c(cc1-c1ccc(N/C=C/C=C\C=C/c3ccccc3)cc1)C(C)(C)c1cc(N(c3ccccc3)c3ccccc3)ccc1-2. The van der Waals surface area contributed by atoms with Gasteiger partial charge in [0.2, 0.25) is 0 Å². The first-order valence-electron chi connectivity index (χ1n) is 17.9. The molecule has 0 unspecified atom stereocenters. The van der Waals surface area contributed by atoms with Crippen LogP contribution in [0.5, 0.6) is 0 Å². The molecule has 0 amide bonds. The second-order valence-electron chi connectivity index (χ2n) is 14.8. The summed E-state index contributed by atoms with van der Waals surface area (Å²) in [5.41, 5.74) is 14.8. The molecule has 1 aliphatic rings. The Morgan fingerprint density at radius 3 is 1.75 bits per heavy atom. The van der Waals surface area contributed by atoms with E-state index in [1.807, 2.05) is 30.5 Å². The van der Waals surface area contributed by atoms with Gasteiger partial charge in [-0.1, -0.05) is 144 Å². The van der Waals surface area contributed by atoms with Crippen molar-refractivity contribution in [2.75, 3.05) is 10.2 Å². The Balaban J connectivity index is 1.17. The highest BCUT2D eigenvalue weighted by atomic mass is 15.1. The van der Waals surface area contributed by atoms with Crippen molar-refractivity contribution in [3.8, 4) is 22.3 Å². The van der Waals surface area contributed by atoms with Crippen molar-refractivity contribution in [1.29, 1.82) is 0 Å². The molecule has 0 heterocycles. The third kappa shape index (κ3) is 7.09. The zero-order valence-electron chi connectivity index (χ0n) is 30.3. The van der Waals surface area contributed by atoms with Gasteiger partial charge in [-0.25, -0.2) is 0 Å². The van der Waals surface area contributed by atoms with Gasteiger partial charge in [-0.3, -0.25) is 0 Å². The number of rotatable bonds is 9. The highest BCUT2D eigenvalue weighted by Crippen LogP contribution is 2.53. The Morgan fingerprint density at radius 1 is 0.529 bits per heavy atom. The van der Waals surface area contributed by atoms with E-state index >= 15 is 0 Å². The number of benzene rings is 6. The van der Waals surface area contributed by atoms with Crippen molar-refractivity contribution in [2.45, 2.75) is 45.4 Å². The van der Waals surface area contributed by atoms with Gasteiger partial charge in [-0.2, -0.15) is 0 Å². The topological polar surface area (TPSA) is 15.3 Å². The lowest BCUT2D eigenvalue weighted by Gasteiger charge is -2.28. The number of allylic oxidation sites excluding steroid dienone is 4. The molecule has 1 N–H and O–H groups in total. The van der Waals surface area contributed by atoms with Crippen molar-refractivity contribution in [3.05, 3.63) is 198 Å². The Kier molecular flexibility index (Phi) is 9.34.